The Balaban J connectivity index is 2.13. The van der Waals surface area contributed by atoms with Crippen LogP contribution in [-0.4, -0.2) is 36.8 Å². The van der Waals surface area contributed by atoms with Crippen molar-refractivity contribution in [3.8, 4) is 6.07 Å². The maximum atomic E-state index is 12.4. The average Bonchev–Trinajstić information content (AvgIpc) is 2.70. The molecule has 7 nitrogen and oxygen atoms in total. The number of methoxy groups -OCH3 is 2. The van der Waals surface area contributed by atoms with Gasteiger partial charge in [0.25, 0.3) is 0 Å². The van der Waals surface area contributed by atoms with Crippen molar-refractivity contribution in [1.29, 1.82) is 5.26 Å². The number of nitrogens with one attached hydrogen (secondary N) is 1. The molecule has 0 fully saturated rings. The lowest BCUT2D eigenvalue weighted by atomic mass is 10.1. The topological polar surface area (TPSA) is 101 Å². The molecule has 0 bridgehead atoms. The van der Waals surface area contributed by atoms with E-state index in [0.717, 1.165) is 23.0 Å². The molecule has 1 amide bonds. The van der Waals surface area contributed by atoms with Crippen molar-refractivity contribution in [1.82, 2.24) is 10.3 Å². The predicted molar refractivity (Wildman–Crippen MR) is 104 cm³/mol. The van der Waals surface area contributed by atoms with Crippen molar-refractivity contribution in [2.45, 2.75) is 24.6 Å². The van der Waals surface area contributed by atoms with E-state index in [0.29, 0.717) is 16.2 Å². The van der Waals surface area contributed by atoms with Crippen LogP contribution in [0.1, 0.15) is 28.4 Å². The van der Waals surface area contributed by atoms with E-state index in [1.54, 1.807) is 37.4 Å². The fraction of sp³-hybridized carbons (Fsp3) is 0.300. The number of hydrogen-bond acceptors (Lipinski definition) is 7. The van der Waals surface area contributed by atoms with Crippen molar-refractivity contribution in [2.24, 2.45) is 0 Å². The molecule has 2 aromatic rings. The Morgan fingerprint density at radius 2 is 2.00 bits per heavy atom. The lowest BCUT2D eigenvalue weighted by Gasteiger charge is -2.17. The van der Waals surface area contributed by atoms with Crippen LogP contribution in [0.2, 0.25) is 0 Å². The third kappa shape index (κ3) is 5.55. The van der Waals surface area contributed by atoms with Crippen LogP contribution in [0, 0.1) is 18.3 Å². The van der Waals surface area contributed by atoms with Crippen LogP contribution in [0.3, 0.4) is 0 Å². The van der Waals surface area contributed by atoms with Crippen molar-refractivity contribution < 1.29 is 19.1 Å². The van der Waals surface area contributed by atoms with Gasteiger partial charge in [0.15, 0.2) is 6.04 Å². The number of esters is 1. The normalized spacial score (nSPS) is 11.4. The molecule has 0 spiro atoms. The number of benzene rings is 1. The number of carbonyl (C=O) groups excluding carboxylic acids is 2. The highest BCUT2D eigenvalue weighted by atomic mass is 32.2. The molecule has 146 valence electrons. The summed E-state index contributed by atoms with van der Waals surface area (Å²) < 4.78 is 9.92. The molecule has 8 heteroatoms. The van der Waals surface area contributed by atoms with E-state index in [1.807, 2.05) is 13.0 Å². The Kier molecular flexibility index (Phi) is 7.99. The molecule has 0 unspecified atom stereocenters. The molecular formula is C20H21N3O4S. The minimum Gasteiger partial charge on any atom is -0.467 e. The first kappa shape index (κ1) is 21.4. The monoisotopic (exact) mass is 399 g/mol. The van der Waals surface area contributed by atoms with Gasteiger partial charge in [-0.05, 0) is 24.1 Å². The second kappa shape index (κ2) is 10.4. The zero-order chi connectivity index (χ0) is 20.5. The quantitative estimate of drug-likeness (QED) is 0.538. The zero-order valence-corrected chi connectivity index (χ0v) is 16.7. The van der Waals surface area contributed by atoms with Gasteiger partial charge in [-0.1, -0.05) is 42.1 Å². The molecule has 1 atom stereocenters. The van der Waals surface area contributed by atoms with Gasteiger partial charge in [0.2, 0.25) is 5.91 Å². The molecule has 0 saturated carbocycles. The Morgan fingerprint density at radius 1 is 1.29 bits per heavy atom. The van der Waals surface area contributed by atoms with Gasteiger partial charge in [0.05, 0.1) is 25.0 Å². The maximum absolute atomic E-state index is 12.4. The number of ether oxygens (including phenoxy) is 2. The van der Waals surface area contributed by atoms with Gasteiger partial charge in [-0.3, -0.25) is 4.79 Å². The first-order chi connectivity index (χ1) is 13.5. The first-order valence-electron chi connectivity index (χ1n) is 8.44. The minimum atomic E-state index is -0.899. The van der Waals surface area contributed by atoms with Crippen molar-refractivity contribution in [2.75, 3.05) is 20.0 Å². The highest BCUT2D eigenvalue weighted by Crippen LogP contribution is 2.25. The summed E-state index contributed by atoms with van der Waals surface area (Å²) in [6.07, 6.45) is 0. The summed E-state index contributed by atoms with van der Waals surface area (Å²) in [5.74, 6) is -0.930. The Morgan fingerprint density at radius 3 is 2.61 bits per heavy atom. The van der Waals surface area contributed by atoms with Crippen molar-refractivity contribution in [3.63, 3.8) is 0 Å². The summed E-state index contributed by atoms with van der Waals surface area (Å²) >= 11 is 1.14. The zero-order valence-electron chi connectivity index (χ0n) is 15.9. The number of rotatable bonds is 8. The second-order valence-electron chi connectivity index (χ2n) is 5.87. The Hall–Kier alpha value is -2.89. The number of aryl methyl sites for hydroxylation is 1. The number of pyridine rings is 1. The van der Waals surface area contributed by atoms with Gasteiger partial charge in [0.1, 0.15) is 11.1 Å². The molecule has 28 heavy (non-hydrogen) atoms. The SMILES string of the molecule is COCc1cc(C)nc(SCC(=O)N[C@@H](C(=O)OC)c2ccccc2)c1C#N. The van der Waals surface area contributed by atoms with Gasteiger partial charge in [-0.25, -0.2) is 9.78 Å². The van der Waals surface area contributed by atoms with Crippen LogP contribution in [-0.2, 0) is 25.7 Å². The fourth-order valence-corrected chi connectivity index (χ4v) is 3.46. The van der Waals surface area contributed by atoms with Crippen LogP contribution in [0.15, 0.2) is 41.4 Å². The highest BCUT2D eigenvalue weighted by Gasteiger charge is 2.23. The molecular weight excluding hydrogens is 378 g/mol. The summed E-state index contributed by atoms with van der Waals surface area (Å²) in [6.45, 7) is 2.09. The predicted octanol–water partition coefficient (Wildman–Crippen LogP) is 2.53. The first-order valence-corrected chi connectivity index (χ1v) is 9.43. The molecule has 1 aromatic carbocycles. The molecule has 0 saturated heterocycles. The lowest BCUT2D eigenvalue weighted by molar-refractivity contribution is -0.145. The Bertz CT molecular complexity index is 881. The minimum absolute atomic E-state index is 0.00210. The average molecular weight is 399 g/mol. The van der Waals surface area contributed by atoms with Gasteiger partial charge >= 0.3 is 5.97 Å². The summed E-state index contributed by atoms with van der Waals surface area (Å²) in [5, 5.41) is 12.6. The highest BCUT2D eigenvalue weighted by molar-refractivity contribution is 8.00. The second-order valence-corrected chi connectivity index (χ2v) is 6.83. The summed E-state index contributed by atoms with van der Waals surface area (Å²) in [4.78, 5) is 28.9. The van der Waals surface area contributed by atoms with Gasteiger partial charge in [-0.2, -0.15) is 5.26 Å². The van der Waals surface area contributed by atoms with E-state index >= 15 is 0 Å². The van der Waals surface area contributed by atoms with E-state index in [2.05, 4.69) is 16.4 Å². The largest absolute Gasteiger partial charge is 0.467 e. The summed E-state index contributed by atoms with van der Waals surface area (Å²) in [6, 6.07) is 11.9. The van der Waals surface area contributed by atoms with E-state index in [-0.39, 0.29) is 18.3 Å². The van der Waals surface area contributed by atoms with Crippen LogP contribution in [0.25, 0.3) is 0 Å². The third-order valence-electron chi connectivity index (χ3n) is 3.82. The van der Waals surface area contributed by atoms with Gasteiger partial charge in [0, 0.05) is 12.8 Å². The number of amides is 1. The van der Waals surface area contributed by atoms with E-state index in [1.165, 1.54) is 7.11 Å². The standard InChI is InChI=1S/C20H21N3O4S/c1-13-9-15(11-26-2)16(10-21)19(22-13)28-12-17(24)23-18(20(25)27-3)14-7-5-4-6-8-14/h4-9,18H,11-12H2,1-3H3,(H,23,24)/t18-/m1/s1. The summed E-state index contributed by atoms with van der Waals surface area (Å²) in [5.41, 5.74) is 2.46. The number of thioether (sulfide) groups is 1. The van der Waals surface area contributed by atoms with Crippen molar-refractivity contribution >= 4 is 23.6 Å². The molecule has 0 aliphatic carbocycles. The van der Waals surface area contributed by atoms with Crippen LogP contribution >= 0.6 is 11.8 Å². The number of nitriles is 1. The van der Waals surface area contributed by atoms with Crippen LogP contribution in [0.5, 0.6) is 0 Å². The molecule has 1 aromatic heterocycles. The number of aromatic nitrogens is 1. The fourth-order valence-electron chi connectivity index (χ4n) is 2.58. The number of nitrogens with zero attached hydrogens (tertiary/aromatic N) is 2. The molecule has 0 aliphatic heterocycles. The van der Waals surface area contributed by atoms with E-state index in [9.17, 15) is 14.9 Å². The van der Waals surface area contributed by atoms with Crippen molar-refractivity contribution in [3.05, 3.63) is 58.8 Å². The van der Waals surface area contributed by atoms with Gasteiger partial charge < -0.3 is 14.8 Å². The molecule has 0 radical (unpaired) electrons. The van der Waals surface area contributed by atoms with E-state index < -0.39 is 12.0 Å². The van der Waals surface area contributed by atoms with E-state index in [4.69, 9.17) is 9.47 Å². The van der Waals surface area contributed by atoms with Crippen LogP contribution in [0.4, 0.5) is 0 Å². The smallest absolute Gasteiger partial charge is 0.333 e. The molecule has 1 heterocycles. The number of hydrogen-bond donors (Lipinski definition) is 1. The molecule has 1 N–H and O–H groups in total. The van der Waals surface area contributed by atoms with Gasteiger partial charge in [-0.15, -0.1) is 0 Å². The van der Waals surface area contributed by atoms with Crippen LogP contribution < -0.4 is 5.32 Å². The lowest BCUT2D eigenvalue weighted by Crippen LogP contribution is -2.35. The Labute approximate surface area is 168 Å². The maximum Gasteiger partial charge on any atom is 0.333 e. The third-order valence-corrected chi connectivity index (χ3v) is 4.80. The molecule has 2 rings (SSSR count). The number of carbonyl (C=O) groups is 2. The molecule has 0 aliphatic rings. The summed E-state index contributed by atoms with van der Waals surface area (Å²) in [7, 11) is 2.82.